The Labute approximate surface area is 83.6 Å². The van der Waals surface area contributed by atoms with Gasteiger partial charge in [0.2, 0.25) is 0 Å². The highest BCUT2D eigenvalue weighted by molar-refractivity contribution is 6.30. The lowest BCUT2D eigenvalue weighted by Gasteiger charge is -2.10. The van der Waals surface area contributed by atoms with Gasteiger partial charge in [-0.25, -0.2) is 0 Å². The van der Waals surface area contributed by atoms with Crippen LogP contribution in [0.1, 0.15) is 6.92 Å². The van der Waals surface area contributed by atoms with E-state index >= 15 is 0 Å². The van der Waals surface area contributed by atoms with Gasteiger partial charge in [-0.2, -0.15) is 0 Å². The highest BCUT2D eigenvalue weighted by Crippen LogP contribution is 2.15. The number of benzene rings is 1. The standard InChI is InChI=1S/C10H14ClNO/c1-8(6-12)7-13-10-4-2-9(11)3-5-10/h2-5,8H,6-7,12H2,1H3. The van der Waals surface area contributed by atoms with E-state index < -0.39 is 0 Å². The minimum Gasteiger partial charge on any atom is -0.493 e. The zero-order chi connectivity index (χ0) is 9.68. The van der Waals surface area contributed by atoms with Gasteiger partial charge in [0.15, 0.2) is 0 Å². The lowest BCUT2D eigenvalue weighted by Crippen LogP contribution is -2.18. The Hall–Kier alpha value is -0.730. The van der Waals surface area contributed by atoms with Gasteiger partial charge in [0.25, 0.3) is 0 Å². The molecule has 1 atom stereocenters. The predicted octanol–water partition coefficient (Wildman–Crippen LogP) is 2.31. The number of ether oxygens (including phenoxy) is 1. The number of hydrogen-bond donors (Lipinski definition) is 1. The van der Waals surface area contributed by atoms with E-state index in [1.807, 2.05) is 24.3 Å². The lowest BCUT2D eigenvalue weighted by molar-refractivity contribution is 0.264. The molecule has 1 unspecified atom stereocenters. The van der Waals surface area contributed by atoms with Crippen LogP contribution >= 0.6 is 11.6 Å². The summed E-state index contributed by atoms with van der Waals surface area (Å²) in [5, 5.41) is 0.722. The van der Waals surface area contributed by atoms with Crippen LogP contribution in [0, 0.1) is 5.92 Å². The quantitative estimate of drug-likeness (QED) is 0.808. The van der Waals surface area contributed by atoms with E-state index in [1.54, 1.807) is 0 Å². The van der Waals surface area contributed by atoms with Crippen LogP contribution in [0.4, 0.5) is 0 Å². The van der Waals surface area contributed by atoms with Crippen LogP contribution in [0.3, 0.4) is 0 Å². The van der Waals surface area contributed by atoms with Crippen LogP contribution in [0.15, 0.2) is 24.3 Å². The fourth-order valence-corrected chi connectivity index (χ4v) is 0.963. The van der Waals surface area contributed by atoms with Crippen molar-refractivity contribution >= 4 is 11.6 Å². The van der Waals surface area contributed by atoms with Crippen LogP contribution in [0.5, 0.6) is 5.75 Å². The van der Waals surface area contributed by atoms with E-state index in [9.17, 15) is 0 Å². The Balaban J connectivity index is 2.41. The fourth-order valence-electron chi connectivity index (χ4n) is 0.837. The summed E-state index contributed by atoms with van der Waals surface area (Å²) in [7, 11) is 0. The van der Waals surface area contributed by atoms with Crippen molar-refractivity contribution in [3.63, 3.8) is 0 Å². The highest BCUT2D eigenvalue weighted by Gasteiger charge is 1.99. The summed E-state index contributed by atoms with van der Waals surface area (Å²) >= 11 is 5.73. The van der Waals surface area contributed by atoms with Crippen molar-refractivity contribution in [2.45, 2.75) is 6.92 Å². The van der Waals surface area contributed by atoms with Crippen LogP contribution in [-0.4, -0.2) is 13.2 Å². The van der Waals surface area contributed by atoms with Crippen LogP contribution in [0.2, 0.25) is 5.02 Å². The summed E-state index contributed by atoms with van der Waals surface area (Å²) in [6, 6.07) is 7.32. The SMILES string of the molecule is CC(CN)COc1ccc(Cl)cc1. The van der Waals surface area contributed by atoms with E-state index in [0.29, 0.717) is 19.1 Å². The molecule has 2 nitrogen and oxygen atoms in total. The number of halogens is 1. The first-order valence-electron chi connectivity index (χ1n) is 4.31. The summed E-state index contributed by atoms with van der Waals surface area (Å²) in [6.45, 7) is 3.35. The van der Waals surface area contributed by atoms with Crippen molar-refractivity contribution in [3.05, 3.63) is 29.3 Å². The molecule has 0 heterocycles. The molecule has 0 bridgehead atoms. The zero-order valence-corrected chi connectivity index (χ0v) is 8.42. The molecule has 3 heteroatoms. The second kappa shape index (κ2) is 5.10. The molecular weight excluding hydrogens is 186 g/mol. The third kappa shape index (κ3) is 3.66. The van der Waals surface area contributed by atoms with Crippen molar-refractivity contribution < 1.29 is 4.74 Å². The van der Waals surface area contributed by atoms with Gasteiger partial charge >= 0.3 is 0 Å². The van der Waals surface area contributed by atoms with E-state index in [1.165, 1.54) is 0 Å². The molecule has 0 aliphatic carbocycles. The monoisotopic (exact) mass is 199 g/mol. The molecular formula is C10H14ClNO. The summed E-state index contributed by atoms with van der Waals surface area (Å²) in [5.41, 5.74) is 5.46. The van der Waals surface area contributed by atoms with Crippen molar-refractivity contribution in [1.29, 1.82) is 0 Å². The Morgan fingerprint density at radius 3 is 2.54 bits per heavy atom. The van der Waals surface area contributed by atoms with Crippen molar-refractivity contribution in [1.82, 2.24) is 0 Å². The second-order valence-corrected chi connectivity index (χ2v) is 3.54. The summed E-state index contributed by atoms with van der Waals surface area (Å²) in [4.78, 5) is 0. The molecule has 72 valence electrons. The Morgan fingerprint density at radius 1 is 1.38 bits per heavy atom. The maximum absolute atomic E-state index is 5.73. The fraction of sp³-hybridized carbons (Fsp3) is 0.400. The number of hydrogen-bond acceptors (Lipinski definition) is 2. The molecule has 0 radical (unpaired) electrons. The van der Waals surface area contributed by atoms with Crippen LogP contribution in [0.25, 0.3) is 0 Å². The summed E-state index contributed by atoms with van der Waals surface area (Å²) in [6.07, 6.45) is 0. The van der Waals surface area contributed by atoms with Gasteiger partial charge in [0, 0.05) is 10.9 Å². The molecule has 0 fully saturated rings. The maximum atomic E-state index is 5.73. The third-order valence-corrected chi connectivity index (χ3v) is 2.00. The second-order valence-electron chi connectivity index (χ2n) is 3.11. The van der Waals surface area contributed by atoms with Gasteiger partial charge < -0.3 is 10.5 Å². The van der Waals surface area contributed by atoms with Gasteiger partial charge in [0.05, 0.1) is 6.61 Å². The van der Waals surface area contributed by atoms with E-state index in [4.69, 9.17) is 22.1 Å². The first-order valence-corrected chi connectivity index (χ1v) is 4.68. The van der Waals surface area contributed by atoms with Gasteiger partial charge in [-0.05, 0) is 30.8 Å². The van der Waals surface area contributed by atoms with Crippen molar-refractivity contribution in [3.8, 4) is 5.75 Å². The van der Waals surface area contributed by atoms with Gasteiger partial charge in [-0.15, -0.1) is 0 Å². The molecule has 0 saturated carbocycles. The molecule has 1 aromatic rings. The molecule has 1 rings (SSSR count). The van der Waals surface area contributed by atoms with E-state index in [0.717, 1.165) is 10.8 Å². The molecule has 0 saturated heterocycles. The lowest BCUT2D eigenvalue weighted by atomic mass is 10.2. The van der Waals surface area contributed by atoms with Gasteiger partial charge in [-0.3, -0.25) is 0 Å². The van der Waals surface area contributed by atoms with Crippen LogP contribution in [-0.2, 0) is 0 Å². The van der Waals surface area contributed by atoms with E-state index in [2.05, 4.69) is 6.92 Å². The first-order chi connectivity index (χ1) is 6.22. The Bertz CT molecular complexity index is 248. The minimum absolute atomic E-state index is 0.385. The molecule has 0 aliphatic heterocycles. The molecule has 0 aromatic heterocycles. The third-order valence-electron chi connectivity index (χ3n) is 1.75. The average molecular weight is 200 g/mol. The molecule has 0 spiro atoms. The van der Waals surface area contributed by atoms with Gasteiger partial charge in [-0.1, -0.05) is 18.5 Å². The van der Waals surface area contributed by atoms with Crippen molar-refractivity contribution in [2.24, 2.45) is 11.7 Å². The zero-order valence-electron chi connectivity index (χ0n) is 7.66. The van der Waals surface area contributed by atoms with Crippen LogP contribution < -0.4 is 10.5 Å². The highest BCUT2D eigenvalue weighted by atomic mass is 35.5. The summed E-state index contributed by atoms with van der Waals surface area (Å²) in [5.74, 6) is 1.22. The number of nitrogens with two attached hydrogens (primary N) is 1. The predicted molar refractivity (Wildman–Crippen MR) is 55.2 cm³/mol. The minimum atomic E-state index is 0.385. The van der Waals surface area contributed by atoms with E-state index in [-0.39, 0.29) is 0 Å². The first kappa shape index (κ1) is 10.4. The molecule has 0 amide bonds. The van der Waals surface area contributed by atoms with Crippen molar-refractivity contribution in [2.75, 3.05) is 13.2 Å². The van der Waals surface area contributed by atoms with Gasteiger partial charge in [0.1, 0.15) is 5.75 Å². The molecule has 1 aromatic carbocycles. The Morgan fingerprint density at radius 2 is 2.00 bits per heavy atom. The smallest absolute Gasteiger partial charge is 0.119 e. The normalized spacial score (nSPS) is 12.5. The Kier molecular flexibility index (Phi) is 4.06. The topological polar surface area (TPSA) is 35.2 Å². The average Bonchev–Trinajstić information content (AvgIpc) is 2.16. The molecule has 0 aliphatic rings. The summed E-state index contributed by atoms with van der Waals surface area (Å²) < 4.78 is 5.48. The largest absolute Gasteiger partial charge is 0.493 e. The molecule has 2 N–H and O–H groups in total. The molecule has 13 heavy (non-hydrogen) atoms. The number of rotatable bonds is 4. The maximum Gasteiger partial charge on any atom is 0.119 e.